The number of hydrogen-bond acceptors (Lipinski definition) is 6. The Bertz CT molecular complexity index is 1240. The van der Waals surface area contributed by atoms with Gasteiger partial charge in [0.2, 0.25) is 0 Å². The molecule has 3 atom stereocenters. The molecule has 0 spiro atoms. The van der Waals surface area contributed by atoms with Crippen molar-refractivity contribution in [2.75, 3.05) is 27.2 Å². The van der Waals surface area contributed by atoms with E-state index in [1.54, 1.807) is 0 Å². The molecule has 226 valence electrons. The molecule has 3 aromatic rings. The Kier molecular flexibility index (Phi) is 11.4. The maximum Gasteiger partial charge on any atom is 0.261 e. The number of benzene rings is 2. The largest absolute Gasteiger partial charge is 0.490 e. The van der Waals surface area contributed by atoms with Crippen LogP contribution in [0, 0.1) is 0 Å². The summed E-state index contributed by atoms with van der Waals surface area (Å²) in [4.78, 5) is 23.6. The van der Waals surface area contributed by atoms with Crippen LogP contribution in [0.4, 0.5) is 0 Å². The average Bonchev–Trinajstić information content (AvgIpc) is 2.97. The Morgan fingerprint density at radius 2 is 1.61 bits per heavy atom. The van der Waals surface area contributed by atoms with Gasteiger partial charge in [0.25, 0.3) is 5.56 Å². The van der Waals surface area contributed by atoms with Gasteiger partial charge in [0.1, 0.15) is 11.6 Å². The van der Waals surface area contributed by atoms with Crippen LogP contribution in [0.3, 0.4) is 0 Å². The number of rotatable bonds is 8. The predicted molar refractivity (Wildman–Crippen MR) is 172 cm³/mol. The van der Waals surface area contributed by atoms with Gasteiger partial charge in [0.05, 0.1) is 23.0 Å². The van der Waals surface area contributed by atoms with Gasteiger partial charge < -0.3 is 15.0 Å². The number of hydrogen-bond donors (Lipinski definition) is 1. The molecule has 1 aromatic heterocycles. The van der Waals surface area contributed by atoms with Crippen molar-refractivity contribution in [2.45, 2.75) is 103 Å². The molecule has 1 N–H and O–H groups in total. The fraction of sp³-hybridized carbons (Fsp3) is 0.588. The lowest BCUT2D eigenvalue weighted by atomic mass is 9.92. The van der Waals surface area contributed by atoms with E-state index in [4.69, 9.17) is 9.72 Å². The fourth-order valence-electron chi connectivity index (χ4n) is 6.48. The van der Waals surface area contributed by atoms with Crippen LogP contribution in [0.5, 0.6) is 5.75 Å². The molecular weight excluding hydrogens is 510 g/mol. The summed E-state index contributed by atoms with van der Waals surface area (Å²) in [7, 11) is 4.31. The van der Waals surface area contributed by atoms with Crippen molar-refractivity contribution in [1.82, 2.24) is 24.7 Å². The minimum absolute atomic E-state index is 0. The monoisotopic (exact) mass is 563 g/mol. The fourth-order valence-corrected chi connectivity index (χ4v) is 6.48. The van der Waals surface area contributed by atoms with Crippen LogP contribution in [-0.2, 0) is 6.54 Å². The molecule has 2 aliphatic rings. The summed E-state index contributed by atoms with van der Waals surface area (Å²) in [6.07, 6.45) is 6.68. The van der Waals surface area contributed by atoms with Crippen LogP contribution in [0.2, 0.25) is 0 Å². The molecule has 5 rings (SSSR count). The molecule has 1 aliphatic carbocycles. The zero-order valence-corrected chi connectivity index (χ0v) is 26.1. The number of nitrogens with one attached hydrogen (secondary N) is 1. The van der Waals surface area contributed by atoms with Crippen molar-refractivity contribution < 1.29 is 6.16 Å². The van der Waals surface area contributed by atoms with Crippen molar-refractivity contribution in [1.29, 1.82) is 0 Å². The maximum absolute atomic E-state index is 13.7. The Labute approximate surface area is 248 Å². The number of aromatic nitrogens is 2. The van der Waals surface area contributed by atoms with Gasteiger partial charge in [-0.25, -0.2) is 4.98 Å². The van der Waals surface area contributed by atoms with E-state index in [2.05, 4.69) is 50.0 Å². The summed E-state index contributed by atoms with van der Waals surface area (Å²) < 4.78 is 8.24. The van der Waals surface area contributed by atoms with Crippen LogP contribution in [0.25, 0.3) is 10.9 Å². The topological polar surface area (TPSA) is 62.6 Å². The normalized spacial score (nSPS) is 24.1. The second kappa shape index (κ2) is 14.9. The lowest BCUT2D eigenvalue weighted by molar-refractivity contribution is 0.108. The maximum atomic E-state index is 13.7. The second-order valence-electron chi connectivity index (χ2n) is 12.1. The molecular formula is C34H53N5O2. The standard InChI is InChI=1S/C28H45N5O2.C6H6.H2/c1-7-9-26(32-17-19(3)29-20(4)18-32)27-30-25-15-14-23(16-24(25)28(34)33(27)8-2)35-22-12-10-21(11-13-22)31(5)6;1-2-4-6-5-3-1;/h14-16,19-22,26,29H,7-13,17-18H2,1-6H3;1-6H;1H/t19-,20+,21?,22?,26?;;. The molecule has 2 heterocycles. The number of ether oxygens (including phenoxy) is 1. The van der Waals surface area contributed by atoms with Crippen molar-refractivity contribution in [3.05, 3.63) is 70.8 Å². The summed E-state index contributed by atoms with van der Waals surface area (Å²) in [6.45, 7) is 11.3. The Morgan fingerprint density at radius 1 is 1.00 bits per heavy atom. The number of nitrogens with zero attached hydrogens (tertiary/aromatic N) is 4. The predicted octanol–water partition coefficient (Wildman–Crippen LogP) is 6.12. The van der Waals surface area contributed by atoms with E-state index in [0.717, 1.165) is 68.7 Å². The number of fused-ring (bicyclic) bond motifs is 1. The molecule has 0 bridgehead atoms. The SMILES string of the molecule is CCCC(c1nc2ccc(OC3CCC(N(C)C)CC3)cc2c(=O)n1CC)N1C[C@@H](C)N[C@@H](C)C1.[HH].c1ccccc1. The van der Waals surface area contributed by atoms with Gasteiger partial charge in [-0.2, -0.15) is 0 Å². The number of piperazine rings is 1. The van der Waals surface area contributed by atoms with Crippen molar-refractivity contribution in [3.8, 4) is 5.75 Å². The Morgan fingerprint density at radius 3 is 2.15 bits per heavy atom. The van der Waals surface area contributed by atoms with E-state index in [0.29, 0.717) is 30.1 Å². The quantitative estimate of drug-likeness (QED) is 0.356. The van der Waals surface area contributed by atoms with Gasteiger partial charge in [0, 0.05) is 39.2 Å². The van der Waals surface area contributed by atoms with Crippen LogP contribution >= 0.6 is 0 Å². The van der Waals surface area contributed by atoms with Crippen molar-refractivity contribution >= 4 is 10.9 Å². The van der Waals surface area contributed by atoms with E-state index in [9.17, 15) is 4.79 Å². The van der Waals surface area contributed by atoms with Crippen LogP contribution in [0.15, 0.2) is 59.4 Å². The molecule has 1 saturated heterocycles. The molecule has 7 heteroatoms. The first-order chi connectivity index (χ1) is 19.8. The minimum atomic E-state index is 0. The van der Waals surface area contributed by atoms with E-state index in [1.807, 2.05) is 66.1 Å². The van der Waals surface area contributed by atoms with Gasteiger partial charge in [-0.15, -0.1) is 0 Å². The van der Waals surface area contributed by atoms with E-state index in [1.165, 1.54) is 0 Å². The van der Waals surface area contributed by atoms with E-state index < -0.39 is 0 Å². The van der Waals surface area contributed by atoms with Gasteiger partial charge >= 0.3 is 0 Å². The Hall–Kier alpha value is -2.74. The third kappa shape index (κ3) is 8.18. The van der Waals surface area contributed by atoms with Crippen molar-refractivity contribution in [2.24, 2.45) is 0 Å². The van der Waals surface area contributed by atoms with Gasteiger partial charge in [-0.05, 0) is 85.2 Å². The molecule has 41 heavy (non-hydrogen) atoms. The first kappa shape index (κ1) is 31.2. The van der Waals surface area contributed by atoms with Gasteiger partial charge in [-0.1, -0.05) is 49.7 Å². The molecule has 1 saturated carbocycles. The minimum Gasteiger partial charge on any atom is -0.490 e. The summed E-state index contributed by atoms with van der Waals surface area (Å²) in [5.41, 5.74) is 0.822. The lowest BCUT2D eigenvalue weighted by Crippen LogP contribution is -2.55. The van der Waals surface area contributed by atoms with E-state index in [-0.39, 0.29) is 19.1 Å². The first-order valence-corrected chi connectivity index (χ1v) is 15.7. The molecule has 0 amide bonds. The zero-order chi connectivity index (χ0) is 29.4. The second-order valence-corrected chi connectivity index (χ2v) is 12.1. The van der Waals surface area contributed by atoms with Gasteiger partial charge in [0.15, 0.2) is 0 Å². The van der Waals surface area contributed by atoms with Crippen LogP contribution < -0.4 is 15.6 Å². The average molecular weight is 564 g/mol. The smallest absolute Gasteiger partial charge is 0.261 e. The third-order valence-electron chi connectivity index (χ3n) is 8.50. The zero-order valence-electron chi connectivity index (χ0n) is 26.1. The van der Waals surface area contributed by atoms with Crippen LogP contribution in [-0.4, -0.2) is 70.8 Å². The molecule has 7 nitrogen and oxygen atoms in total. The highest BCUT2D eigenvalue weighted by Gasteiger charge is 2.31. The first-order valence-electron chi connectivity index (χ1n) is 15.7. The Balaban J connectivity index is 0.000000615. The van der Waals surface area contributed by atoms with Crippen LogP contribution in [0.1, 0.15) is 79.5 Å². The summed E-state index contributed by atoms with van der Waals surface area (Å²) in [6, 6.07) is 19.5. The molecule has 2 aromatic carbocycles. The summed E-state index contributed by atoms with van der Waals surface area (Å²) in [5.74, 6) is 1.69. The molecule has 1 aliphatic heterocycles. The highest BCUT2D eigenvalue weighted by Crippen LogP contribution is 2.30. The lowest BCUT2D eigenvalue weighted by Gasteiger charge is -2.41. The summed E-state index contributed by atoms with van der Waals surface area (Å²) >= 11 is 0. The molecule has 2 fully saturated rings. The van der Waals surface area contributed by atoms with E-state index >= 15 is 0 Å². The van der Waals surface area contributed by atoms with Crippen molar-refractivity contribution in [3.63, 3.8) is 0 Å². The molecule has 1 unspecified atom stereocenters. The highest BCUT2D eigenvalue weighted by atomic mass is 16.5. The molecule has 0 radical (unpaired) electrons. The highest BCUT2D eigenvalue weighted by molar-refractivity contribution is 5.79. The van der Waals surface area contributed by atoms with Gasteiger partial charge in [-0.3, -0.25) is 14.3 Å². The summed E-state index contributed by atoms with van der Waals surface area (Å²) in [5, 5.41) is 4.29. The third-order valence-corrected chi connectivity index (χ3v) is 8.50.